The van der Waals surface area contributed by atoms with Gasteiger partial charge in [0.15, 0.2) is 17.1 Å². The maximum absolute atomic E-state index is 11.6. The number of benzene rings is 1. The Balaban J connectivity index is 2.67. The molecule has 0 saturated carbocycles. The molecular formula is C16H28O3S2Si. The maximum Gasteiger partial charge on any atom is 0.191 e. The molecule has 0 aliphatic carbocycles. The average molecular weight is 361 g/mol. The molecule has 1 aromatic rings. The van der Waals surface area contributed by atoms with Gasteiger partial charge in [0.05, 0.1) is 4.90 Å². The van der Waals surface area contributed by atoms with E-state index in [1.54, 1.807) is 12.1 Å². The normalized spacial score (nSPS) is 15.6. The zero-order chi connectivity index (χ0) is 17.2. The number of aryl methyl sites for hydroxylation is 2. The highest BCUT2D eigenvalue weighted by Gasteiger charge is 2.36. The lowest BCUT2D eigenvalue weighted by Crippen LogP contribution is -2.41. The van der Waals surface area contributed by atoms with Crippen LogP contribution in [0.3, 0.4) is 0 Å². The minimum atomic E-state index is -3.31. The van der Waals surface area contributed by atoms with Gasteiger partial charge >= 0.3 is 0 Å². The second-order valence-corrected chi connectivity index (χ2v) is 14.9. The van der Waals surface area contributed by atoms with Gasteiger partial charge in [0.25, 0.3) is 0 Å². The Morgan fingerprint density at radius 2 is 1.91 bits per heavy atom. The highest BCUT2D eigenvalue weighted by atomic mass is 32.8. The van der Waals surface area contributed by atoms with Crippen LogP contribution in [-0.4, -0.2) is 23.7 Å². The molecule has 1 rings (SSSR count). The summed E-state index contributed by atoms with van der Waals surface area (Å²) in [6.45, 7) is 13.9. The second kappa shape index (κ2) is 7.09. The Kier molecular flexibility index (Phi) is 6.37. The smallest absolute Gasteiger partial charge is 0.191 e. The highest BCUT2D eigenvalue weighted by molar-refractivity contribution is 8.29. The molecule has 1 N–H and O–H groups in total. The quantitative estimate of drug-likeness (QED) is 0.598. The van der Waals surface area contributed by atoms with E-state index in [0.717, 1.165) is 30.6 Å². The molecule has 0 aliphatic rings. The molecule has 6 heteroatoms. The van der Waals surface area contributed by atoms with Crippen LogP contribution in [0.25, 0.3) is 0 Å². The van der Waals surface area contributed by atoms with E-state index in [1.807, 2.05) is 13.0 Å². The predicted octanol–water partition coefficient (Wildman–Crippen LogP) is 4.53. The third-order valence-corrected chi connectivity index (χ3v) is 10.4. The Morgan fingerprint density at radius 3 is 2.41 bits per heavy atom. The molecule has 3 nitrogen and oxygen atoms in total. The lowest BCUT2D eigenvalue weighted by molar-refractivity contribution is 0.282. The van der Waals surface area contributed by atoms with Gasteiger partial charge in [0.1, 0.15) is 0 Å². The van der Waals surface area contributed by atoms with E-state index >= 15 is 0 Å². The van der Waals surface area contributed by atoms with Gasteiger partial charge in [-0.2, -0.15) is 0 Å². The molecule has 22 heavy (non-hydrogen) atoms. The zero-order valence-corrected chi connectivity index (χ0v) is 17.1. The Bertz CT molecular complexity index is 617. The van der Waals surface area contributed by atoms with Gasteiger partial charge < -0.3 is 8.98 Å². The molecule has 0 spiro atoms. The van der Waals surface area contributed by atoms with E-state index < -0.39 is 17.1 Å². The van der Waals surface area contributed by atoms with Crippen molar-refractivity contribution in [1.29, 1.82) is 0 Å². The third-order valence-electron chi connectivity index (χ3n) is 4.48. The van der Waals surface area contributed by atoms with Crippen molar-refractivity contribution >= 4 is 28.3 Å². The maximum atomic E-state index is 11.6. The van der Waals surface area contributed by atoms with Gasteiger partial charge in [0, 0.05) is 17.8 Å². The summed E-state index contributed by atoms with van der Waals surface area (Å²) in [6, 6.07) is 5.26. The van der Waals surface area contributed by atoms with Gasteiger partial charge in [0.2, 0.25) is 0 Å². The Labute approximate surface area is 141 Å². The van der Waals surface area contributed by atoms with Crippen LogP contribution >= 0.6 is 0 Å². The van der Waals surface area contributed by atoms with E-state index in [-0.39, 0.29) is 5.04 Å². The standard InChI is InChI=1S/C16H28O3S2Si/c1-13-9-10-15(21(17,18)20)12-14(13)8-7-11-19-22(5,6)16(2,3)4/h9-10,12H,7-8,11H2,1-6H3,(H,17,18,20). The minimum absolute atomic E-state index is 0.216. The van der Waals surface area contributed by atoms with Gasteiger partial charge in [-0.1, -0.05) is 26.8 Å². The van der Waals surface area contributed by atoms with Crippen LogP contribution in [0.15, 0.2) is 23.1 Å². The fourth-order valence-electron chi connectivity index (χ4n) is 1.88. The van der Waals surface area contributed by atoms with E-state index in [4.69, 9.17) is 4.43 Å². The summed E-state index contributed by atoms with van der Waals surface area (Å²) < 4.78 is 27.2. The monoisotopic (exact) mass is 360 g/mol. The van der Waals surface area contributed by atoms with Crippen LogP contribution in [0.1, 0.15) is 38.3 Å². The second-order valence-electron chi connectivity index (χ2n) is 7.28. The molecule has 0 amide bonds. The van der Waals surface area contributed by atoms with Gasteiger partial charge in [-0.05, 0) is 61.2 Å². The molecule has 1 atom stereocenters. The van der Waals surface area contributed by atoms with E-state index in [0.29, 0.717) is 4.90 Å². The van der Waals surface area contributed by atoms with Crippen molar-refractivity contribution in [3.05, 3.63) is 29.3 Å². The first-order valence-corrected chi connectivity index (χ1v) is 12.9. The molecule has 0 radical (unpaired) electrons. The predicted molar refractivity (Wildman–Crippen MR) is 99.1 cm³/mol. The summed E-state index contributed by atoms with van der Waals surface area (Å²) in [6.07, 6.45) is 1.74. The van der Waals surface area contributed by atoms with Crippen LogP contribution in [0.2, 0.25) is 18.1 Å². The van der Waals surface area contributed by atoms with Crippen molar-refractivity contribution in [1.82, 2.24) is 0 Å². The fourth-order valence-corrected chi connectivity index (χ4v) is 3.81. The van der Waals surface area contributed by atoms with Crippen molar-refractivity contribution in [2.75, 3.05) is 6.61 Å². The first kappa shape index (κ1) is 19.8. The van der Waals surface area contributed by atoms with Crippen molar-refractivity contribution in [3.8, 4) is 0 Å². The lowest BCUT2D eigenvalue weighted by atomic mass is 10.0. The summed E-state index contributed by atoms with van der Waals surface area (Å²) in [5.41, 5.74) is 2.19. The average Bonchev–Trinajstić information content (AvgIpc) is 2.33. The van der Waals surface area contributed by atoms with Crippen LogP contribution < -0.4 is 0 Å². The van der Waals surface area contributed by atoms with Crippen molar-refractivity contribution in [3.63, 3.8) is 0 Å². The van der Waals surface area contributed by atoms with E-state index in [2.05, 4.69) is 45.1 Å². The van der Waals surface area contributed by atoms with Crippen molar-refractivity contribution in [2.24, 2.45) is 0 Å². The summed E-state index contributed by atoms with van der Waals surface area (Å²) >= 11 is 4.64. The molecular weight excluding hydrogens is 332 g/mol. The SMILES string of the molecule is Cc1ccc(S(=O)(O)=S)cc1CCCO[Si](C)(C)C(C)(C)C. The molecule has 0 bridgehead atoms. The third kappa shape index (κ3) is 5.42. The van der Waals surface area contributed by atoms with E-state index in [9.17, 15) is 8.76 Å². The molecule has 0 saturated heterocycles. The zero-order valence-electron chi connectivity index (χ0n) is 14.4. The molecule has 126 valence electrons. The minimum Gasteiger partial charge on any atom is -0.417 e. The topological polar surface area (TPSA) is 46.5 Å². The summed E-state index contributed by atoms with van der Waals surface area (Å²) in [4.78, 5) is 0.327. The van der Waals surface area contributed by atoms with Crippen molar-refractivity contribution < 1.29 is 13.2 Å². The molecule has 0 heterocycles. The van der Waals surface area contributed by atoms with Crippen LogP contribution in [0, 0.1) is 6.92 Å². The number of rotatable bonds is 6. The fraction of sp³-hybridized carbons (Fsp3) is 0.625. The first-order valence-electron chi connectivity index (χ1n) is 7.55. The molecule has 0 aliphatic heterocycles. The molecule has 1 aromatic carbocycles. The largest absolute Gasteiger partial charge is 0.417 e. The highest BCUT2D eigenvalue weighted by Crippen LogP contribution is 2.36. The molecule has 1 unspecified atom stereocenters. The van der Waals surface area contributed by atoms with Gasteiger partial charge in [-0.25, -0.2) is 4.21 Å². The molecule has 0 aromatic heterocycles. The number of hydrogen-bond acceptors (Lipinski definition) is 3. The first-order chi connectivity index (χ1) is 9.84. The van der Waals surface area contributed by atoms with Gasteiger partial charge in [-0.15, -0.1) is 0 Å². The Morgan fingerprint density at radius 1 is 1.32 bits per heavy atom. The summed E-state index contributed by atoms with van der Waals surface area (Å²) in [5.74, 6) is 0. The van der Waals surface area contributed by atoms with Gasteiger partial charge in [-0.3, -0.25) is 0 Å². The summed E-state index contributed by atoms with van der Waals surface area (Å²) in [7, 11) is -5.01. The van der Waals surface area contributed by atoms with E-state index in [1.165, 1.54) is 0 Å². The van der Waals surface area contributed by atoms with Crippen LogP contribution in [-0.2, 0) is 30.8 Å². The van der Waals surface area contributed by atoms with Crippen LogP contribution in [0.4, 0.5) is 0 Å². The Hall–Kier alpha value is -0.273. The summed E-state index contributed by atoms with van der Waals surface area (Å²) in [5, 5.41) is 0.216. The van der Waals surface area contributed by atoms with Crippen LogP contribution in [0.5, 0.6) is 0 Å². The lowest BCUT2D eigenvalue weighted by Gasteiger charge is -2.36. The number of hydrogen-bond donors (Lipinski definition) is 1. The molecule has 0 fully saturated rings. The van der Waals surface area contributed by atoms with Crippen molar-refractivity contribution in [2.45, 2.75) is 63.6 Å².